The molecule has 9 heteroatoms. The molecule has 2 heterocycles. The number of fused-ring (bicyclic) bond motifs is 3. The van der Waals surface area contributed by atoms with Crippen molar-refractivity contribution in [1.82, 2.24) is 0 Å². The number of esters is 1. The van der Waals surface area contributed by atoms with Crippen molar-refractivity contribution >= 4 is 52.2 Å². The van der Waals surface area contributed by atoms with Crippen LogP contribution < -0.4 is 16.0 Å². The molecule has 7 nitrogen and oxygen atoms in total. The van der Waals surface area contributed by atoms with Crippen molar-refractivity contribution in [3.8, 4) is 0 Å². The van der Waals surface area contributed by atoms with Crippen molar-refractivity contribution in [2.24, 2.45) is 11.1 Å². The second-order valence-electron chi connectivity index (χ2n) is 9.72. The first-order chi connectivity index (χ1) is 16.5. The number of hydrogen-bond donors (Lipinski definition) is 2. The van der Waals surface area contributed by atoms with Gasteiger partial charge in [-0.2, -0.15) is 0 Å². The van der Waals surface area contributed by atoms with Gasteiger partial charge in [0.25, 0.3) is 0 Å². The highest BCUT2D eigenvalue weighted by Crippen LogP contribution is 2.57. The number of allylic oxidation sites excluding steroid dienone is 1. The monoisotopic (exact) mass is 511 g/mol. The van der Waals surface area contributed by atoms with Crippen LogP contribution >= 0.6 is 23.2 Å². The third-order valence-electron chi connectivity index (χ3n) is 6.82. The predicted octanol–water partition coefficient (Wildman–Crippen LogP) is 4.69. The van der Waals surface area contributed by atoms with Gasteiger partial charge in [0.15, 0.2) is 5.78 Å². The Hall–Kier alpha value is -3.29. The smallest absolute Gasteiger partial charge is 0.339 e. The van der Waals surface area contributed by atoms with Crippen molar-refractivity contribution in [2.45, 2.75) is 32.1 Å². The van der Waals surface area contributed by atoms with E-state index in [0.29, 0.717) is 39.1 Å². The summed E-state index contributed by atoms with van der Waals surface area (Å²) in [5.41, 5.74) is 6.64. The number of nitrogens with two attached hydrogens (primary N) is 1. The Balaban J connectivity index is 1.93. The van der Waals surface area contributed by atoms with Crippen LogP contribution in [0.5, 0.6) is 0 Å². The van der Waals surface area contributed by atoms with Crippen molar-refractivity contribution in [2.75, 3.05) is 17.3 Å². The highest BCUT2D eigenvalue weighted by Gasteiger charge is 2.63. The lowest BCUT2D eigenvalue weighted by Crippen LogP contribution is -2.54. The molecular formula is C26H23Cl2N3O4. The summed E-state index contributed by atoms with van der Waals surface area (Å²) >= 11 is 12.5. The Morgan fingerprint density at radius 2 is 1.71 bits per heavy atom. The lowest BCUT2D eigenvalue weighted by atomic mass is 9.60. The number of anilines is 2. The molecule has 3 N–H and O–H groups in total. The van der Waals surface area contributed by atoms with Gasteiger partial charge in [-0.1, -0.05) is 37.0 Å². The number of carbonyl (C=O) groups is 3. The van der Waals surface area contributed by atoms with Gasteiger partial charge in [0.05, 0.1) is 7.11 Å². The van der Waals surface area contributed by atoms with E-state index in [0.717, 1.165) is 0 Å². The molecule has 1 unspecified atom stereocenters. The first kappa shape index (κ1) is 23.5. The fourth-order valence-corrected chi connectivity index (χ4v) is 5.79. The summed E-state index contributed by atoms with van der Waals surface area (Å²) in [6.07, 6.45) is 0.635. The molecule has 1 amide bonds. The molecule has 5 rings (SSSR count). The van der Waals surface area contributed by atoms with E-state index >= 15 is 0 Å². The number of nitrogens with zero attached hydrogens (tertiary/aromatic N) is 1. The topological polar surface area (TPSA) is 102 Å². The maximum Gasteiger partial charge on any atom is 0.339 e. The zero-order valence-electron chi connectivity index (χ0n) is 19.4. The molecular weight excluding hydrogens is 489 g/mol. The maximum atomic E-state index is 13.9. The molecule has 0 aromatic heterocycles. The van der Waals surface area contributed by atoms with Crippen molar-refractivity contribution in [1.29, 1.82) is 0 Å². The van der Waals surface area contributed by atoms with Gasteiger partial charge in [0.2, 0.25) is 5.91 Å². The van der Waals surface area contributed by atoms with Crippen molar-refractivity contribution < 1.29 is 19.1 Å². The standard InChI is InChI=1S/C26H23Cl2N3O4/c1-25(2)11-18-20(19(32)12-25)26(16-10-14(28)6-9-17(16)30-24(26)34)21(23(33)35-3)22(29)31(18)15-7-4-13(27)5-8-15/h4-10H,11-12,29H2,1-3H3,(H,30,34). The van der Waals surface area contributed by atoms with Crippen LogP contribution in [0.15, 0.2) is 65.1 Å². The van der Waals surface area contributed by atoms with Crippen LogP contribution in [0.1, 0.15) is 32.3 Å². The minimum Gasteiger partial charge on any atom is -0.466 e. The van der Waals surface area contributed by atoms with E-state index in [4.69, 9.17) is 33.7 Å². The maximum absolute atomic E-state index is 13.9. The minimum atomic E-state index is -1.79. The lowest BCUT2D eigenvalue weighted by Gasteiger charge is -2.47. The van der Waals surface area contributed by atoms with Crippen molar-refractivity contribution in [3.63, 3.8) is 0 Å². The number of carbonyl (C=O) groups excluding carboxylic acids is 3. The highest BCUT2D eigenvalue weighted by molar-refractivity contribution is 6.32. The first-order valence-electron chi connectivity index (χ1n) is 11.0. The number of halogens is 2. The molecule has 180 valence electrons. The summed E-state index contributed by atoms with van der Waals surface area (Å²) in [6, 6.07) is 11.8. The molecule has 0 fully saturated rings. The van der Waals surface area contributed by atoms with Crippen LogP contribution in [0.3, 0.4) is 0 Å². The van der Waals surface area contributed by atoms with Gasteiger partial charge in [0, 0.05) is 44.7 Å². The number of nitrogens with one attached hydrogen (secondary N) is 1. The molecule has 2 aromatic rings. The van der Waals surface area contributed by atoms with E-state index in [-0.39, 0.29) is 29.2 Å². The number of ether oxygens (including phenoxy) is 1. The Bertz CT molecular complexity index is 1380. The van der Waals surface area contributed by atoms with E-state index < -0.39 is 22.7 Å². The number of methoxy groups -OCH3 is 1. The Morgan fingerprint density at radius 3 is 2.37 bits per heavy atom. The Labute approximate surface area is 212 Å². The van der Waals surface area contributed by atoms with Crippen LogP contribution in [0.4, 0.5) is 11.4 Å². The highest BCUT2D eigenvalue weighted by atomic mass is 35.5. The van der Waals surface area contributed by atoms with Crippen LogP contribution in [0, 0.1) is 5.41 Å². The largest absolute Gasteiger partial charge is 0.466 e. The van der Waals surface area contributed by atoms with Gasteiger partial charge >= 0.3 is 5.97 Å². The van der Waals surface area contributed by atoms with Gasteiger partial charge < -0.3 is 15.8 Å². The number of amides is 1. The SMILES string of the molecule is COC(=O)C1=C(N)N(c2ccc(Cl)cc2)C2=C(C(=O)CC(C)(C)C2)C12C(=O)Nc1ccc(Cl)cc12. The summed E-state index contributed by atoms with van der Waals surface area (Å²) in [4.78, 5) is 42.8. The zero-order valence-corrected chi connectivity index (χ0v) is 20.9. The molecule has 35 heavy (non-hydrogen) atoms. The Kier molecular flexibility index (Phi) is 5.27. The zero-order chi connectivity index (χ0) is 25.3. The third-order valence-corrected chi connectivity index (χ3v) is 7.31. The van der Waals surface area contributed by atoms with E-state index in [1.807, 2.05) is 13.8 Å². The normalized spacial score (nSPS) is 22.8. The molecule has 0 radical (unpaired) electrons. The molecule has 2 aromatic carbocycles. The quantitative estimate of drug-likeness (QED) is 0.567. The molecule has 3 aliphatic rings. The average Bonchev–Trinajstić information content (AvgIpc) is 3.05. The van der Waals surface area contributed by atoms with Gasteiger partial charge in [-0.25, -0.2) is 4.79 Å². The average molecular weight is 512 g/mol. The molecule has 1 atom stereocenters. The number of hydrogen-bond acceptors (Lipinski definition) is 6. The van der Waals surface area contributed by atoms with Crippen LogP contribution in [0.25, 0.3) is 0 Å². The second kappa shape index (κ2) is 7.86. The van der Waals surface area contributed by atoms with E-state index in [2.05, 4.69) is 5.32 Å². The van der Waals surface area contributed by atoms with E-state index in [1.54, 1.807) is 47.4 Å². The third kappa shape index (κ3) is 3.29. The molecule has 0 saturated heterocycles. The van der Waals surface area contributed by atoms with E-state index in [1.165, 1.54) is 7.11 Å². The van der Waals surface area contributed by atoms with Gasteiger partial charge in [-0.3, -0.25) is 14.5 Å². The number of Topliss-reactive ketones (excluding diaryl/α,β-unsaturated/α-hetero) is 1. The Morgan fingerprint density at radius 1 is 1.06 bits per heavy atom. The van der Waals surface area contributed by atoms with Gasteiger partial charge in [0.1, 0.15) is 16.8 Å². The molecule has 1 spiro atoms. The summed E-state index contributed by atoms with van der Waals surface area (Å²) in [5, 5.41) is 3.71. The second-order valence-corrected chi connectivity index (χ2v) is 10.6. The summed E-state index contributed by atoms with van der Waals surface area (Å²) < 4.78 is 5.13. The fraction of sp³-hybridized carbons (Fsp3) is 0.269. The minimum absolute atomic E-state index is 0.00592. The number of benzene rings is 2. The van der Waals surface area contributed by atoms with Crippen LogP contribution in [0.2, 0.25) is 10.0 Å². The predicted molar refractivity (Wildman–Crippen MR) is 134 cm³/mol. The van der Waals surface area contributed by atoms with Crippen molar-refractivity contribution in [3.05, 3.63) is 80.7 Å². The number of rotatable bonds is 2. The molecule has 1 aliphatic carbocycles. The van der Waals surface area contributed by atoms with Gasteiger partial charge in [-0.15, -0.1) is 0 Å². The van der Waals surface area contributed by atoms with E-state index in [9.17, 15) is 14.4 Å². The fourth-order valence-electron chi connectivity index (χ4n) is 5.49. The summed E-state index contributed by atoms with van der Waals surface area (Å²) in [5.74, 6) is -1.60. The molecule has 0 saturated carbocycles. The van der Waals surface area contributed by atoms with Gasteiger partial charge in [-0.05, 0) is 54.3 Å². The van der Waals surface area contributed by atoms with Crippen LogP contribution in [-0.2, 0) is 24.5 Å². The molecule has 0 bridgehead atoms. The lowest BCUT2D eigenvalue weighted by molar-refractivity contribution is -0.138. The summed E-state index contributed by atoms with van der Waals surface area (Å²) in [6.45, 7) is 3.97. The summed E-state index contributed by atoms with van der Waals surface area (Å²) in [7, 11) is 1.21. The number of ketones is 1. The van der Waals surface area contributed by atoms with Crippen LogP contribution in [-0.4, -0.2) is 24.8 Å². The molecule has 2 aliphatic heterocycles. The first-order valence-corrected chi connectivity index (χ1v) is 11.8.